The summed E-state index contributed by atoms with van der Waals surface area (Å²) in [5.74, 6) is 0.526. The van der Waals surface area contributed by atoms with Gasteiger partial charge in [0, 0.05) is 50.5 Å². The Labute approximate surface area is 162 Å². The van der Waals surface area contributed by atoms with Gasteiger partial charge in [0.05, 0.1) is 17.9 Å². The molecule has 4 aliphatic rings. The van der Waals surface area contributed by atoms with Crippen molar-refractivity contribution in [1.82, 2.24) is 24.7 Å². The van der Waals surface area contributed by atoms with Gasteiger partial charge in [-0.05, 0) is 57.9 Å². The molecule has 0 bridgehead atoms. The van der Waals surface area contributed by atoms with E-state index >= 15 is 0 Å². The summed E-state index contributed by atoms with van der Waals surface area (Å²) in [6.07, 6.45) is 13.8. The van der Waals surface area contributed by atoms with Crippen molar-refractivity contribution < 1.29 is 4.79 Å². The molecule has 2 aliphatic carbocycles. The van der Waals surface area contributed by atoms with Gasteiger partial charge in [0.25, 0.3) is 0 Å². The number of rotatable bonds is 6. The molecule has 1 N–H and O–H groups in total. The number of piperidine rings is 2. The molecular weight excluding hydrogens is 338 g/mol. The Morgan fingerprint density at radius 3 is 2.59 bits per heavy atom. The number of hydrogen-bond acceptors (Lipinski definition) is 4. The van der Waals surface area contributed by atoms with Gasteiger partial charge >= 0.3 is 0 Å². The van der Waals surface area contributed by atoms with Gasteiger partial charge in [-0.3, -0.25) is 14.6 Å². The average molecular weight is 372 g/mol. The SMILES string of the molecule is O=C(NC1CC1)C1CCCN(C2CCN(Cc3cncn3C3CC3)CC2)C1. The van der Waals surface area contributed by atoms with Crippen LogP contribution in [0.25, 0.3) is 0 Å². The highest BCUT2D eigenvalue weighted by molar-refractivity contribution is 5.79. The van der Waals surface area contributed by atoms with Crippen LogP contribution in [0, 0.1) is 5.92 Å². The van der Waals surface area contributed by atoms with E-state index in [1.807, 2.05) is 6.33 Å². The van der Waals surface area contributed by atoms with Crippen LogP contribution in [0.2, 0.25) is 0 Å². The lowest BCUT2D eigenvalue weighted by Gasteiger charge is -2.42. The number of carbonyl (C=O) groups excluding carboxylic acids is 1. The highest BCUT2D eigenvalue weighted by atomic mass is 16.2. The molecule has 0 aromatic carbocycles. The Balaban J connectivity index is 1.11. The molecule has 2 aliphatic heterocycles. The van der Waals surface area contributed by atoms with E-state index in [0.717, 1.165) is 32.6 Å². The topological polar surface area (TPSA) is 53.4 Å². The molecular formula is C21H33N5O. The van der Waals surface area contributed by atoms with Crippen LogP contribution >= 0.6 is 0 Å². The molecule has 6 nitrogen and oxygen atoms in total. The van der Waals surface area contributed by atoms with Gasteiger partial charge in [-0.2, -0.15) is 0 Å². The first-order valence-corrected chi connectivity index (χ1v) is 11.0. The minimum Gasteiger partial charge on any atom is -0.353 e. The summed E-state index contributed by atoms with van der Waals surface area (Å²) in [4.78, 5) is 22.0. The van der Waals surface area contributed by atoms with Gasteiger partial charge in [-0.25, -0.2) is 4.98 Å². The minimum atomic E-state index is 0.213. The van der Waals surface area contributed by atoms with E-state index in [2.05, 4.69) is 30.9 Å². The molecule has 6 heteroatoms. The van der Waals surface area contributed by atoms with Crippen molar-refractivity contribution >= 4 is 5.91 Å². The average Bonchev–Trinajstić information content (AvgIpc) is 3.63. The summed E-state index contributed by atoms with van der Waals surface area (Å²) in [5, 5.41) is 3.22. The molecule has 2 saturated heterocycles. The zero-order valence-electron chi connectivity index (χ0n) is 16.4. The highest BCUT2D eigenvalue weighted by Gasteiger charge is 2.34. The highest BCUT2D eigenvalue weighted by Crippen LogP contribution is 2.36. The fraction of sp³-hybridized carbons (Fsp3) is 0.810. The summed E-state index contributed by atoms with van der Waals surface area (Å²) in [5.41, 5.74) is 1.38. The smallest absolute Gasteiger partial charge is 0.224 e. The van der Waals surface area contributed by atoms with Crippen molar-refractivity contribution in [2.75, 3.05) is 26.2 Å². The number of carbonyl (C=O) groups is 1. The first-order valence-electron chi connectivity index (χ1n) is 11.0. The quantitative estimate of drug-likeness (QED) is 0.833. The Morgan fingerprint density at radius 1 is 1.04 bits per heavy atom. The van der Waals surface area contributed by atoms with Gasteiger partial charge in [0.2, 0.25) is 5.91 Å². The number of nitrogens with one attached hydrogen (secondary N) is 1. The van der Waals surface area contributed by atoms with Crippen LogP contribution in [0.5, 0.6) is 0 Å². The van der Waals surface area contributed by atoms with E-state index in [1.54, 1.807) is 0 Å². The van der Waals surface area contributed by atoms with Crippen LogP contribution in [-0.4, -0.2) is 63.5 Å². The Bertz CT molecular complexity index is 657. The maximum absolute atomic E-state index is 12.4. The second-order valence-electron chi connectivity index (χ2n) is 9.15. The molecule has 27 heavy (non-hydrogen) atoms. The molecule has 1 atom stereocenters. The standard InChI is InChI=1S/C21H33N5O/c27-21(23-17-3-4-17)16-2-1-9-25(13-16)18-7-10-24(11-8-18)14-20-12-22-15-26(20)19-5-6-19/h12,15-19H,1-11,13-14H2,(H,23,27). The molecule has 1 aromatic rings. The molecule has 1 unspecified atom stereocenters. The summed E-state index contributed by atoms with van der Waals surface area (Å²) >= 11 is 0. The summed E-state index contributed by atoms with van der Waals surface area (Å²) < 4.78 is 2.39. The molecule has 3 heterocycles. The predicted molar refractivity (Wildman–Crippen MR) is 104 cm³/mol. The largest absolute Gasteiger partial charge is 0.353 e. The van der Waals surface area contributed by atoms with Crippen molar-refractivity contribution in [1.29, 1.82) is 0 Å². The van der Waals surface area contributed by atoms with Crippen molar-refractivity contribution in [3.8, 4) is 0 Å². The molecule has 0 spiro atoms. The lowest BCUT2D eigenvalue weighted by atomic mass is 9.93. The minimum absolute atomic E-state index is 0.213. The predicted octanol–water partition coefficient (Wildman–Crippen LogP) is 2.17. The third-order valence-corrected chi connectivity index (χ3v) is 6.89. The fourth-order valence-corrected chi connectivity index (χ4v) is 4.91. The maximum atomic E-state index is 12.4. The summed E-state index contributed by atoms with van der Waals surface area (Å²) in [7, 11) is 0. The lowest BCUT2D eigenvalue weighted by molar-refractivity contribution is -0.127. The fourth-order valence-electron chi connectivity index (χ4n) is 4.91. The normalized spacial score (nSPS) is 28.4. The van der Waals surface area contributed by atoms with E-state index < -0.39 is 0 Å². The third kappa shape index (κ3) is 4.21. The lowest BCUT2D eigenvalue weighted by Crippen LogP contribution is -2.50. The zero-order chi connectivity index (χ0) is 18.2. The van der Waals surface area contributed by atoms with Crippen molar-refractivity contribution in [3.63, 3.8) is 0 Å². The van der Waals surface area contributed by atoms with E-state index in [9.17, 15) is 4.79 Å². The Morgan fingerprint density at radius 2 is 1.85 bits per heavy atom. The number of hydrogen-bond donors (Lipinski definition) is 1. The Hall–Kier alpha value is -1.40. The van der Waals surface area contributed by atoms with Crippen molar-refractivity contribution in [3.05, 3.63) is 18.2 Å². The van der Waals surface area contributed by atoms with Gasteiger partial charge in [-0.15, -0.1) is 0 Å². The van der Waals surface area contributed by atoms with Crippen molar-refractivity contribution in [2.45, 2.75) is 76.0 Å². The number of aromatic nitrogens is 2. The molecule has 2 saturated carbocycles. The van der Waals surface area contributed by atoms with Crippen LogP contribution in [0.3, 0.4) is 0 Å². The van der Waals surface area contributed by atoms with E-state index in [1.165, 1.54) is 57.2 Å². The van der Waals surface area contributed by atoms with Crippen molar-refractivity contribution in [2.24, 2.45) is 5.92 Å². The zero-order valence-corrected chi connectivity index (χ0v) is 16.4. The second kappa shape index (κ2) is 7.55. The third-order valence-electron chi connectivity index (χ3n) is 6.89. The monoisotopic (exact) mass is 371 g/mol. The van der Waals surface area contributed by atoms with E-state index in [0.29, 0.717) is 24.0 Å². The summed E-state index contributed by atoms with van der Waals surface area (Å²) in [6.45, 7) is 5.51. The van der Waals surface area contributed by atoms with E-state index in [-0.39, 0.29) is 5.92 Å². The van der Waals surface area contributed by atoms with Crippen LogP contribution in [-0.2, 0) is 11.3 Å². The summed E-state index contributed by atoms with van der Waals surface area (Å²) in [6, 6.07) is 1.86. The van der Waals surface area contributed by atoms with Gasteiger partial charge in [-0.1, -0.05) is 0 Å². The van der Waals surface area contributed by atoms with Gasteiger partial charge < -0.3 is 9.88 Å². The molecule has 1 aromatic heterocycles. The molecule has 148 valence electrons. The molecule has 1 amide bonds. The van der Waals surface area contributed by atoms with Gasteiger partial charge in [0.15, 0.2) is 0 Å². The van der Waals surface area contributed by atoms with Crippen LogP contribution in [0.15, 0.2) is 12.5 Å². The van der Waals surface area contributed by atoms with E-state index in [4.69, 9.17) is 0 Å². The molecule has 4 fully saturated rings. The first-order chi connectivity index (χ1) is 13.3. The Kier molecular flexibility index (Phi) is 4.94. The number of likely N-dealkylation sites (tertiary alicyclic amines) is 2. The van der Waals surface area contributed by atoms with Crippen LogP contribution in [0.4, 0.5) is 0 Å². The molecule has 5 rings (SSSR count). The second-order valence-corrected chi connectivity index (χ2v) is 9.15. The maximum Gasteiger partial charge on any atom is 0.224 e. The molecule has 0 radical (unpaired) electrons. The van der Waals surface area contributed by atoms with Gasteiger partial charge in [0.1, 0.15) is 0 Å². The number of amides is 1. The van der Waals surface area contributed by atoms with Crippen LogP contribution in [0.1, 0.15) is 63.1 Å². The number of imidazole rings is 1. The number of nitrogens with zero attached hydrogens (tertiary/aromatic N) is 4. The first kappa shape index (κ1) is 17.7. The van der Waals surface area contributed by atoms with Crippen LogP contribution < -0.4 is 5.32 Å².